The van der Waals surface area contributed by atoms with Gasteiger partial charge in [0.25, 0.3) is 5.91 Å². The average molecular weight is 366 g/mol. The Morgan fingerprint density at radius 3 is 3.19 bits per heavy atom. The van der Waals surface area contributed by atoms with Crippen LogP contribution in [-0.4, -0.2) is 28.0 Å². The lowest BCUT2D eigenvalue weighted by atomic mass is 9.88. The van der Waals surface area contributed by atoms with Gasteiger partial charge in [0, 0.05) is 18.2 Å². The molecule has 1 aliphatic rings. The fourth-order valence-corrected chi connectivity index (χ4v) is 3.42. The summed E-state index contributed by atoms with van der Waals surface area (Å²) in [6, 6.07) is 7.81. The van der Waals surface area contributed by atoms with Crippen LogP contribution in [0.1, 0.15) is 40.7 Å². The Hall–Kier alpha value is -3.09. The molecule has 3 aromatic rings. The Balaban J connectivity index is 1.45. The van der Waals surface area contributed by atoms with Gasteiger partial charge >= 0.3 is 0 Å². The maximum Gasteiger partial charge on any atom is 0.278 e. The summed E-state index contributed by atoms with van der Waals surface area (Å²) in [7, 11) is 1.64. The highest BCUT2D eigenvalue weighted by atomic mass is 16.5. The SMILES string of the molecule is COc1cccc(Cn2cc(NC(=O)c3noc4c3CC(C)CC4)cn2)c1. The Labute approximate surface area is 157 Å². The predicted molar refractivity (Wildman–Crippen MR) is 100.0 cm³/mol. The number of benzene rings is 1. The Kier molecular flexibility index (Phi) is 4.66. The van der Waals surface area contributed by atoms with Crippen LogP contribution in [0.25, 0.3) is 0 Å². The molecule has 0 aliphatic heterocycles. The van der Waals surface area contributed by atoms with Crippen LogP contribution in [-0.2, 0) is 19.4 Å². The number of fused-ring (bicyclic) bond motifs is 1. The Bertz CT molecular complexity index is 960. The first-order valence-electron chi connectivity index (χ1n) is 9.06. The quantitative estimate of drug-likeness (QED) is 0.749. The van der Waals surface area contributed by atoms with E-state index < -0.39 is 0 Å². The number of aromatic nitrogens is 3. The molecule has 1 unspecified atom stereocenters. The number of nitrogens with zero attached hydrogens (tertiary/aromatic N) is 3. The minimum absolute atomic E-state index is 0.255. The lowest BCUT2D eigenvalue weighted by Crippen LogP contribution is -2.17. The van der Waals surface area contributed by atoms with Gasteiger partial charge in [-0.05, 0) is 36.5 Å². The molecule has 0 saturated carbocycles. The highest BCUT2D eigenvalue weighted by molar-refractivity contribution is 6.03. The zero-order chi connectivity index (χ0) is 18.8. The van der Waals surface area contributed by atoms with E-state index in [-0.39, 0.29) is 5.91 Å². The number of hydrogen-bond acceptors (Lipinski definition) is 5. The highest BCUT2D eigenvalue weighted by Crippen LogP contribution is 2.28. The van der Waals surface area contributed by atoms with E-state index in [0.717, 1.165) is 41.9 Å². The molecule has 4 rings (SSSR count). The normalized spacial score (nSPS) is 16.0. The van der Waals surface area contributed by atoms with Gasteiger partial charge in [0.05, 0.1) is 25.5 Å². The number of methoxy groups -OCH3 is 1. The lowest BCUT2D eigenvalue weighted by molar-refractivity contribution is 0.101. The number of rotatable bonds is 5. The third kappa shape index (κ3) is 3.72. The summed E-state index contributed by atoms with van der Waals surface area (Å²) in [6.45, 7) is 2.77. The molecule has 1 N–H and O–H groups in total. The third-order valence-corrected chi connectivity index (χ3v) is 4.87. The minimum atomic E-state index is -0.255. The Morgan fingerprint density at radius 2 is 2.33 bits per heavy atom. The van der Waals surface area contributed by atoms with Crippen LogP contribution < -0.4 is 10.1 Å². The molecule has 7 heteroatoms. The fraction of sp³-hybridized carbons (Fsp3) is 0.350. The van der Waals surface area contributed by atoms with Gasteiger partial charge in [-0.15, -0.1) is 0 Å². The summed E-state index contributed by atoms with van der Waals surface area (Å²) in [4.78, 5) is 12.6. The molecule has 7 nitrogen and oxygen atoms in total. The molecule has 1 atom stereocenters. The van der Waals surface area contributed by atoms with E-state index in [1.165, 1.54) is 0 Å². The number of amides is 1. The van der Waals surface area contributed by atoms with E-state index >= 15 is 0 Å². The average Bonchev–Trinajstić information content (AvgIpc) is 3.28. The number of anilines is 1. The molecule has 2 heterocycles. The maximum atomic E-state index is 12.6. The van der Waals surface area contributed by atoms with Gasteiger partial charge in [-0.25, -0.2) is 0 Å². The van der Waals surface area contributed by atoms with Gasteiger partial charge < -0.3 is 14.6 Å². The van der Waals surface area contributed by atoms with Crippen molar-refractivity contribution in [1.29, 1.82) is 0 Å². The van der Waals surface area contributed by atoms with Crippen LogP contribution in [0.15, 0.2) is 41.2 Å². The fourth-order valence-electron chi connectivity index (χ4n) is 3.42. The van der Waals surface area contributed by atoms with E-state index in [2.05, 4.69) is 22.5 Å². The van der Waals surface area contributed by atoms with Gasteiger partial charge in [0.15, 0.2) is 5.69 Å². The topological polar surface area (TPSA) is 82.2 Å². The Morgan fingerprint density at radius 1 is 1.44 bits per heavy atom. The summed E-state index contributed by atoms with van der Waals surface area (Å²) < 4.78 is 12.4. The van der Waals surface area contributed by atoms with Crippen molar-refractivity contribution in [1.82, 2.24) is 14.9 Å². The summed E-state index contributed by atoms with van der Waals surface area (Å²) in [5, 5.41) is 11.2. The number of aryl methyl sites for hydroxylation is 1. The van der Waals surface area contributed by atoms with Crippen LogP contribution in [0, 0.1) is 5.92 Å². The van der Waals surface area contributed by atoms with Gasteiger partial charge in [-0.2, -0.15) is 5.10 Å². The van der Waals surface area contributed by atoms with Crippen molar-refractivity contribution < 1.29 is 14.1 Å². The van der Waals surface area contributed by atoms with Crippen molar-refractivity contribution in [2.75, 3.05) is 12.4 Å². The van der Waals surface area contributed by atoms with Gasteiger partial charge in [0.2, 0.25) is 0 Å². The van der Waals surface area contributed by atoms with Crippen LogP contribution in [0.4, 0.5) is 5.69 Å². The first kappa shape index (κ1) is 17.3. The molecule has 1 amide bonds. The molecular formula is C20H22N4O3. The van der Waals surface area contributed by atoms with E-state index in [4.69, 9.17) is 9.26 Å². The molecular weight excluding hydrogens is 344 g/mol. The zero-order valence-electron chi connectivity index (χ0n) is 15.4. The lowest BCUT2D eigenvalue weighted by Gasteiger charge is -2.16. The largest absolute Gasteiger partial charge is 0.497 e. The van der Waals surface area contributed by atoms with E-state index in [1.807, 2.05) is 24.3 Å². The smallest absolute Gasteiger partial charge is 0.278 e. The molecule has 0 bridgehead atoms. The number of hydrogen-bond donors (Lipinski definition) is 1. The van der Waals surface area contributed by atoms with E-state index in [9.17, 15) is 4.79 Å². The summed E-state index contributed by atoms with van der Waals surface area (Å²) >= 11 is 0. The second-order valence-corrected chi connectivity index (χ2v) is 7.01. The van der Waals surface area contributed by atoms with Crippen LogP contribution >= 0.6 is 0 Å². The van der Waals surface area contributed by atoms with Crippen molar-refractivity contribution in [2.24, 2.45) is 5.92 Å². The number of ether oxygens (including phenoxy) is 1. The van der Waals surface area contributed by atoms with Crippen molar-refractivity contribution in [3.05, 3.63) is 59.2 Å². The van der Waals surface area contributed by atoms with Crippen LogP contribution in [0.3, 0.4) is 0 Å². The maximum absolute atomic E-state index is 12.6. The van der Waals surface area contributed by atoms with Crippen molar-refractivity contribution in [2.45, 2.75) is 32.7 Å². The summed E-state index contributed by atoms with van der Waals surface area (Å²) in [5.74, 6) is 1.93. The minimum Gasteiger partial charge on any atom is -0.497 e. The van der Waals surface area contributed by atoms with Crippen molar-refractivity contribution >= 4 is 11.6 Å². The standard InChI is InChI=1S/C20H22N4O3/c1-13-6-7-18-17(8-13)19(23-27-18)20(25)22-15-10-21-24(12-15)11-14-4-3-5-16(9-14)26-2/h3-5,9-10,12-13H,6-8,11H2,1-2H3,(H,22,25). The molecule has 0 saturated heterocycles. The first-order valence-corrected chi connectivity index (χ1v) is 9.06. The second kappa shape index (κ2) is 7.26. The van der Waals surface area contributed by atoms with Gasteiger partial charge in [-0.3, -0.25) is 9.48 Å². The summed E-state index contributed by atoms with van der Waals surface area (Å²) in [5.41, 5.74) is 3.02. The molecule has 0 spiro atoms. The molecule has 2 aromatic heterocycles. The zero-order valence-corrected chi connectivity index (χ0v) is 15.4. The number of nitrogens with one attached hydrogen (secondary N) is 1. The van der Waals surface area contributed by atoms with Gasteiger partial charge in [-0.1, -0.05) is 24.2 Å². The highest BCUT2D eigenvalue weighted by Gasteiger charge is 2.27. The summed E-state index contributed by atoms with van der Waals surface area (Å²) in [6.07, 6.45) is 6.17. The van der Waals surface area contributed by atoms with E-state index in [0.29, 0.717) is 23.8 Å². The third-order valence-electron chi connectivity index (χ3n) is 4.87. The monoisotopic (exact) mass is 366 g/mol. The van der Waals surface area contributed by atoms with Gasteiger partial charge in [0.1, 0.15) is 11.5 Å². The van der Waals surface area contributed by atoms with Crippen LogP contribution in [0.5, 0.6) is 5.75 Å². The predicted octanol–water partition coefficient (Wildman–Crippen LogP) is 3.31. The molecule has 1 aromatic carbocycles. The first-order chi connectivity index (χ1) is 13.1. The number of carbonyl (C=O) groups is 1. The molecule has 140 valence electrons. The molecule has 27 heavy (non-hydrogen) atoms. The molecule has 0 fully saturated rings. The van der Waals surface area contributed by atoms with Crippen molar-refractivity contribution in [3.63, 3.8) is 0 Å². The second-order valence-electron chi connectivity index (χ2n) is 7.01. The molecule has 0 radical (unpaired) electrons. The number of carbonyl (C=O) groups excluding carboxylic acids is 1. The van der Waals surface area contributed by atoms with Crippen LogP contribution in [0.2, 0.25) is 0 Å². The molecule has 1 aliphatic carbocycles. The van der Waals surface area contributed by atoms with E-state index in [1.54, 1.807) is 24.2 Å². The van der Waals surface area contributed by atoms with Crippen molar-refractivity contribution in [3.8, 4) is 5.75 Å².